The minimum absolute atomic E-state index is 0.0759. The summed E-state index contributed by atoms with van der Waals surface area (Å²) in [6.45, 7) is 7.25. The van der Waals surface area contributed by atoms with E-state index in [1.54, 1.807) is 0 Å². The quantitative estimate of drug-likeness (QED) is 0.798. The first-order chi connectivity index (χ1) is 11.6. The highest BCUT2D eigenvalue weighted by Crippen LogP contribution is 2.27. The molecule has 1 saturated carbocycles. The van der Waals surface area contributed by atoms with Gasteiger partial charge in [0.25, 0.3) is 0 Å². The molecule has 2 heterocycles. The van der Waals surface area contributed by atoms with E-state index in [0.29, 0.717) is 5.92 Å². The molecule has 3 rings (SSSR count). The Kier molecular flexibility index (Phi) is 5.51. The van der Waals surface area contributed by atoms with E-state index in [0.717, 1.165) is 42.8 Å². The summed E-state index contributed by atoms with van der Waals surface area (Å²) in [5, 5.41) is 18.2. The lowest BCUT2D eigenvalue weighted by Crippen LogP contribution is -2.26. The van der Waals surface area contributed by atoms with Crippen molar-refractivity contribution in [2.45, 2.75) is 71.4 Å². The first-order valence-electron chi connectivity index (χ1n) is 9.29. The summed E-state index contributed by atoms with van der Waals surface area (Å²) >= 11 is 0. The van der Waals surface area contributed by atoms with Crippen LogP contribution >= 0.6 is 0 Å². The van der Waals surface area contributed by atoms with Gasteiger partial charge in [-0.1, -0.05) is 12.8 Å². The van der Waals surface area contributed by atoms with Crippen LogP contribution in [0.4, 0.5) is 0 Å². The number of fused-ring (bicyclic) bond motifs is 1. The summed E-state index contributed by atoms with van der Waals surface area (Å²) in [6, 6.07) is 2.26. The molecule has 3 atom stereocenters. The number of aryl methyl sites for hydroxylation is 2. The maximum absolute atomic E-state index is 10.1. The van der Waals surface area contributed by atoms with E-state index >= 15 is 0 Å². The Morgan fingerprint density at radius 3 is 2.92 bits per heavy atom. The van der Waals surface area contributed by atoms with Gasteiger partial charge in [0, 0.05) is 29.6 Å². The lowest BCUT2D eigenvalue weighted by molar-refractivity contribution is 0.0642. The summed E-state index contributed by atoms with van der Waals surface area (Å²) in [5.41, 5.74) is 4.25. The Bertz CT molecular complexity index is 681. The van der Waals surface area contributed by atoms with Gasteiger partial charge in [0.1, 0.15) is 0 Å². The van der Waals surface area contributed by atoms with Crippen LogP contribution in [0.3, 0.4) is 0 Å². The molecule has 5 nitrogen and oxygen atoms in total. The summed E-state index contributed by atoms with van der Waals surface area (Å²) in [4.78, 5) is 4.52. The molecule has 0 spiro atoms. The number of aromatic nitrogens is 3. The highest BCUT2D eigenvalue weighted by Gasteiger charge is 2.22. The molecule has 1 aliphatic carbocycles. The predicted molar refractivity (Wildman–Crippen MR) is 96.1 cm³/mol. The third kappa shape index (κ3) is 3.78. The second-order valence-corrected chi connectivity index (χ2v) is 7.28. The van der Waals surface area contributed by atoms with Gasteiger partial charge in [-0.25, -0.2) is 9.50 Å². The topological polar surface area (TPSA) is 62.5 Å². The van der Waals surface area contributed by atoms with Gasteiger partial charge in [-0.15, -0.1) is 0 Å². The molecular weight excluding hydrogens is 300 g/mol. The number of hydrogen-bond acceptors (Lipinski definition) is 4. The standard InChI is InChI=1S/C19H30N4O/c1-13-11-19-21-12-17(15(3)23(19)22-13)14(2)20-10-6-8-16-7-4-5-9-18(16)24/h11-12,14,16,18,20,24H,4-10H2,1-3H3/t14-,16-,18-/m0/s1. The van der Waals surface area contributed by atoms with Crippen molar-refractivity contribution in [1.29, 1.82) is 0 Å². The average molecular weight is 330 g/mol. The number of nitrogens with zero attached hydrogens (tertiary/aromatic N) is 3. The zero-order valence-electron chi connectivity index (χ0n) is 15.1. The maximum atomic E-state index is 10.1. The molecule has 0 aromatic carbocycles. The molecule has 0 radical (unpaired) electrons. The molecule has 0 aliphatic heterocycles. The van der Waals surface area contributed by atoms with Crippen LogP contribution in [0, 0.1) is 19.8 Å². The van der Waals surface area contributed by atoms with Gasteiger partial charge in [-0.3, -0.25) is 0 Å². The minimum atomic E-state index is -0.0759. The molecule has 24 heavy (non-hydrogen) atoms. The van der Waals surface area contributed by atoms with Crippen LogP contribution in [0.1, 0.15) is 68.4 Å². The van der Waals surface area contributed by atoms with Gasteiger partial charge >= 0.3 is 0 Å². The number of rotatable bonds is 6. The lowest BCUT2D eigenvalue weighted by atomic mass is 9.83. The van der Waals surface area contributed by atoms with Crippen molar-refractivity contribution in [3.63, 3.8) is 0 Å². The molecule has 0 bridgehead atoms. The molecule has 1 fully saturated rings. The molecule has 5 heteroatoms. The highest BCUT2D eigenvalue weighted by atomic mass is 16.3. The summed E-state index contributed by atoms with van der Waals surface area (Å²) in [7, 11) is 0. The normalized spacial score (nSPS) is 22.8. The van der Waals surface area contributed by atoms with Gasteiger partial charge < -0.3 is 10.4 Å². The van der Waals surface area contributed by atoms with Gasteiger partial charge in [-0.05, 0) is 58.9 Å². The molecular formula is C19H30N4O. The SMILES string of the molecule is Cc1cc2ncc([C@H](C)NCCC[C@@H]3CCCC[C@@H]3O)c(C)n2n1. The predicted octanol–water partition coefficient (Wildman–Crippen LogP) is 3.33. The summed E-state index contributed by atoms with van der Waals surface area (Å²) in [5.74, 6) is 0.502. The van der Waals surface area contributed by atoms with Gasteiger partial charge in [0.15, 0.2) is 5.65 Å². The van der Waals surface area contributed by atoms with Crippen LogP contribution in [0.5, 0.6) is 0 Å². The molecule has 0 unspecified atom stereocenters. The van der Waals surface area contributed by atoms with Crippen LogP contribution in [-0.4, -0.2) is 32.4 Å². The van der Waals surface area contributed by atoms with E-state index in [-0.39, 0.29) is 12.1 Å². The number of hydrogen-bond donors (Lipinski definition) is 2. The van der Waals surface area contributed by atoms with Crippen molar-refractivity contribution in [2.75, 3.05) is 6.54 Å². The number of aliphatic hydroxyl groups is 1. The van der Waals surface area contributed by atoms with Crippen molar-refractivity contribution in [1.82, 2.24) is 19.9 Å². The Morgan fingerprint density at radius 2 is 2.12 bits per heavy atom. The largest absolute Gasteiger partial charge is 0.393 e. The zero-order valence-corrected chi connectivity index (χ0v) is 15.1. The van der Waals surface area contributed by atoms with Gasteiger partial charge in [-0.2, -0.15) is 5.10 Å². The molecule has 0 saturated heterocycles. The summed E-state index contributed by atoms with van der Waals surface area (Å²) in [6.07, 6.45) is 8.77. The van der Waals surface area contributed by atoms with Crippen LogP contribution < -0.4 is 5.32 Å². The van der Waals surface area contributed by atoms with Crippen LogP contribution in [0.25, 0.3) is 5.65 Å². The third-order valence-corrected chi connectivity index (χ3v) is 5.42. The second-order valence-electron chi connectivity index (χ2n) is 7.28. The van der Waals surface area contributed by atoms with E-state index in [1.165, 1.54) is 24.8 Å². The maximum Gasteiger partial charge on any atom is 0.155 e. The van der Waals surface area contributed by atoms with Crippen molar-refractivity contribution in [2.24, 2.45) is 5.92 Å². The lowest BCUT2D eigenvalue weighted by Gasteiger charge is -2.27. The Balaban J connectivity index is 1.53. The van der Waals surface area contributed by atoms with E-state index in [4.69, 9.17) is 0 Å². The van der Waals surface area contributed by atoms with Gasteiger partial charge in [0.2, 0.25) is 0 Å². The first-order valence-corrected chi connectivity index (χ1v) is 9.29. The van der Waals surface area contributed by atoms with Crippen LogP contribution in [0.15, 0.2) is 12.3 Å². The summed E-state index contributed by atoms with van der Waals surface area (Å²) < 4.78 is 1.93. The average Bonchev–Trinajstić information content (AvgIpc) is 2.94. The van der Waals surface area contributed by atoms with Crippen molar-refractivity contribution >= 4 is 5.65 Å². The van der Waals surface area contributed by atoms with E-state index in [2.05, 4.69) is 29.2 Å². The van der Waals surface area contributed by atoms with Crippen LogP contribution in [-0.2, 0) is 0 Å². The van der Waals surface area contributed by atoms with Crippen LogP contribution in [0.2, 0.25) is 0 Å². The third-order valence-electron chi connectivity index (χ3n) is 5.42. The molecule has 2 N–H and O–H groups in total. The first kappa shape index (κ1) is 17.4. The van der Waals surface area contributed by atoms with E-state index in [9.17, 15) is 5.11 Å². The zero-order chi connectivity index (χ0) is 17.1. The highest BCUT2D eigenvalue weighted by molar-refractivity contribution is 5.42. The number of nitrogens with one attached hydrogen (secondary N) is 1. The fourth-order valence-electron chi connectivity index (χ4n) is 3.92. The number of aliphatic hydroxyl groups excluding tert-OH is 1. The van der Waals surface area contributed by atoms with E-state index < -0.39 is 0 Å². The second kappa shape index (κ2) is 7.62. The molecule has 2 aromatic heterocycles. The Hall–Kier alpha value is -1.46. The molecule has 1 aliphatic rings. The molecule has 132 valence electrons. The van der Waals surface area contributed by atoms with Crippen molar-refractivity contribution in [3.8, 4) is 0 Å². The Morgan fingerprint density at radius 1 is 1.33 bits per heavy atom. The molecule has 0 amide bonds. The van der Waals surface area contributed by atoms with E-state index in [1.807, 2.05) is 23.7 Å². The fourth-order valence-corrected chi connectivity index (χ4v) is 3.92. The van der Waals surface area contributed by atoms with Crippen molar-refractivity contribution < 1.29 is 5.11 Å². The Labute approximate surface area is 144 Å². The van der Waals surface area contributed by atoms with Gasteiger partial charge in [0.05, 0.1) is 11.8 Å². The smallest absolute Gasteiger partial charge is 0.155 e. The van der Waals surface area contributed by atoms with Crippen molar-refractivity contribution in [3.05, 3.63) is 29.2 Å². The molecule has 2 aromatic rings. The monoisotopic (exact) mass is 330 g/mol. The minimum Gasteiger partial charge on any atom is -0.393 e. The fraction of sp³-hybridized carbons (Fsp3) is 0.684.